The Kier molecular flexibility index (Phi) is 6.69. The van der Waals surface area contributed by atoms with Gasteiger partial charge < -0.3 is 4.55 Å². The third-order valence-electron chi connectivity index (χ3n) is 2.00. The number of halogens is 1. The first-order valence-electron chi connectivity index (χ1n) is 5.49. The third kappa shape index (κ3) is 6.14. The van der Waals surface area contributed by atoms with Crippen molar-refractivity contribution in [3.05, 3.63) is 22.7 Å². The lowest BCUT2D eigenvalue weighted by atomic mass is 10.2. The van der Waals surface area contributed by atoms with Gasteiger partial charge in [-0.05, 0) is 49.0 Å². The predicted molar refractivity (Wildman–Crippen MR) is 74.4 cm³/mol. The van der Waals surface area contributed by atoms with Gasteiger partial charge in [0.15, 0.2) is 0 Å². The zero-order chi connectivity index (χ0) is 12.7. The highest BCUT2D eigenvalue weighted by atomic mass is 79.9. The molecule has 17 heavy (non-hydrogen) atoms. The Morgan fingerprint density at radius 2 is 2.29 bits per heavy atom. The molecule has 0 spiro atoms. The van der Waals surface area contributed by atoms with Crippen LogP contribution in [-0.4, -0.2) is 26.0 Å². The maximum atomic E-state index is 11.3. The van der Waals surface area contributed by atoms with Gasteiger partial charge in [0.1, 0.15) is 9.85 Å². The van der Waals surface area contributed by atoms with Gasteiger partial charge in [-0.2, -0.15) is 0 Å². The molecule has 1 heterocycles. The van der Waals surface area contributed by atoms with Crippen molar-refractivity contribution in [1.29, 1.82) is 0 Å². The van der Waals surface area contributed by atoms with Crippen LogP contribution in [0.3, 0.4) is 0 Å². The maximum absolute atomic E-state index is 11.3. The molecule has 1 unspecified atom stereocenters. The topological polar surface area (TPSA) is 61.2 Å². The van der Waals surface area contributed by atoms with Crippen LogP contribution >= 0.6 is 15.9 Å². The van der Waals surface area contributed by atoms with Crippen LogP contribution in [0.2, 0.25) is 0 Å². The van der Waals surface area contributed by atoms with E-state index in [1.807, 2.05) is 13.8 Å². The highest BCUT2D eigenvalue weighted by molar-refractivity contribution is 9.10. The summed E-state index contributed by atoms with van der Waals surface area (Å²) in [6, 6.07) is 0. The molecule has 0 saturated heterocycles. The molecule has 0 radical (unpaired) electrons. The van der Waals surface area contributed by atoms with Crippen LogP contribution in [0.1, 0.15) is 32.4 Å². The molecular formula is C11H16BrN3OS. The van der Waals surface area contributed by atoms with Crippen molar-refractivity contribution in [2.24, 2.45) is 4.40 Å². The first kappa shape index (κ1) is 14.6. The summed E-state index contributed by atoms with van der Waals surface area (Å²) >= 11 is 2.19. The van der Waals surface area contributed by atoms with Crippen LogP contribution in [-0.2, 0) is 17.8 Å². The lowest BCUT2D eigenvalue weighted by molar-refractivity contribution is 0.588. The van der Waals surface area contributed by atoms with Gasteiger partial charge in [-0.15, -0.1) is 0 Å². The summed E-state index contributed by atoms with van der Waals surface area (Å²) in [6.45, 7) is 3.79. The Labute approximate surface area is 113 Å². The molecule has 0 aliphatic rings. The number of aromatic nitrogens is 2. The standard InChI is InChI=1S/C11H16BrN3OS/c1-9(2)17(16)14-6-4-3-5-10-7-13-8-11(12)15-10/h6-9H,3-5H2,1-2H3. The van der Waals surface area contributed by atoms with Crippen LogP contribution in [0.4, 0.5) is 0 Å². The Hall–Kier alpha value is -0.460. The van der Waals surface area contributed by atoms with Crippen LogP contribution < -0.4 is 0 Å². The highest BCUT2D eigenvalue weighted by Crippen LogP contribution is 2.07. The van der Waals surface area contributed by atoms with Crippen molar-refractivity contribution in [2.75, 3.05) is 0 Å². The lowest BCUT2D eigenvalue weighted by Gasteiger charge is -2.05. The normalized spacial score (nSPS) is 13.5. The SMILES string of the molecule is CC(C)[S+]([O-])N=CCCCc1cncc(Br)n1. The van der Waals surface area contributed by atoms with Crippen molar-refractivity contribution in [1.82, 2.24) is 9.97 Å². The van der Waals surface area contributed by atoms with Gasteiger partial charge in [-0.3, -0.25) is 4.98 Å². The summed E-state index contributed by atoms with van der Waals surface area (Å²) in [5.41, 5.74) is 0.956. The molecule has 1 aromatic rings. The largest absolute Gasteiger partial charge is 0.591 e. The molecule has 6 heteroatoms. The van der Waals surface area contributed by atoms with E-state index >= 15 is 0 Å². The summed E-state index contributed by atoms with van der Waals surface area (Å²) in [6.07, 6.45) is 7.76. The fourth-order valence-corrected chi connectivity index (χ4v) is 1.96. The Morgan fingerprint density at radius 3 is 2.94 bits per heavy atom. The molecule has 0 N–H and O–H groups in total. The van der Waals surface area contributed by atoms with Gasteiger partial charge >= 0.3 is 0 Å². The Bertz CT molecular complexity index is 373. The van der Waals surface area contributed by atoms with Gasteiger partial charge in [0, 0.05) is 6.20 Å². The fraction of sp³-hybridized carbons (Fsp3) is 0.545. The minimum atomic E-state index is -1.09. The number of aryl methyl sites for hydroxylation is 1. The number of hydrogen-bond donors (Lipinski definition) is 0. The van der Waals surface area contributed by atoms with E-state index < -0.39 is 11.4 Å². The van der Waals surface area contributed by atoms with Crippen molar-refractivity contribution < 1.29 is 4.55 Å². The van der Waals surface area contributed by atoms with Crippen LogP contribution in [0.15, 0.2) is 21.4 Å². The monoisotopic (exact) mass is 317 g/mol. The Balaban J connectivity index is 2.25. The molecule has 0 amide bonds. The molecular weight excluding hydrogens is 302 g/mol. The van der Waals surface area contributed by atoms with E-state index in [1.54, 1.807) is 18.6 Å². The average molecular weight is 318 g/mol. The highest BCUT2D eigenvalue weighted by Gasteiger charge is 2.08. The molecule has 0 aliphatic carbocycles. The van der Waals surface area contributed by atoms with E-state index in [2.05, 4.69) is 30.3 Å². The van der Waals surface area contributed by atoms with E-state index in [4.69, 9.17) is 0 Å². The van der Waals surface area contributed by atoms with Crippen LogP contribution in [0.25, 0.3) is 0 Å². The molecule has 0 aliphatic heterocycles. The van der Waals surface area contributed by atoms with Gasteiger partial charge in [-0.25, -0.2) is 4.98 Å². The van der Waals surface area contributed by atoms with E-state index in [-0.39, 0.29) is 5.25 Å². The van der Waals surface area contributed by atoms with E-state index in [0.717, 1.165) is 29.6 Å². The summed E-state index contributed by atoms with van der Waals surface area (Å²) in [4.78, 5) is 8.33. The van der Waals surface area contributed by atoms with Crippen molar-refractivity contribution in [3.8, 4) is 0 Å². The number of rotatable bonds is 6. The molecule has 0 saturated carbocycles. The van der Waals surface area contributed by atoms with E-state index in [0.29, 0.717) is 0 Å². The number of nitrogens with zero attached hydrogens (tertiary/aromatic N) is 3. The van der Waals surface area contributed by atoms with E-state index in [9.17, 15) is 4.55 Å². The first-order valence-corrected chi connectivity index (χ1v) is 7.45. The maximum Gasteiger partial charge on any atom is 0.137 e. The van der Waals surface area contributed by atoms with Crippen LogP contribution in [0.5, 0.6) is 0 Å². The van der Waals surface area contributed by atoms with Crippen molar-refractivity contribution >= 4 is 33.5 Å². The van der Waals surface area contributed by atoms with Crippen LogP contribution in [0, 0.1) is 0 Å². The molecule has 94 valence electrons. The third-order valence-corrected chi connectivity index (χ3v) is 3.55. The smallest absolute Gasteiger partial charge is 0.137 e. The molecule has 0 bridgehead atoms. The number of hydrogen-bond acceptors (Lipinski definition) is 4. The van der Waals surface area contributed by atoms with Gasteiger partial charge in [0.2, 0.25) is 0 Å². The summed E-state index contributed by atoms with van der Waals surface area (Å²) in [5.74, 6) is 0. The summed E-state index contributed by atoms with van der Waals surface area (Å²) < 4.78 is 16.0. The fourth-order valence-electron chi connectivity index (χ4n) is 1.12. The second-order valence-corrected chi connectivity index (χ2v) is 6.36. The van der Waals surface area contributed by atoms with E-state index in [1.165, 1.54) is 0 Å². The predicted octanol–water partition coefficient (Wildman–Crippen LogP) is 2.70. The second kappa shape index (κ2) is 7.79. The summed E-state index contributed by atoms with van der Waals surface area (Å²) in [5, 5.41) is 0.0854. The van der Waals surface area contributed by atoms with Gasteiger partial charge in [0.05, 0.1) is 29.5 Å². The lowest BCUT2D eigenvalue weighted by Crippen LogP contribution is -2.10. The minimum Gasteiger partial charge on any atom is -0.591 e. The Morgan fingerprint density at radius 1 is 1.53 bits per heavy atom. The molecule has 0 fully saturated rings. The van der Waals surface area contributed by atoms with Gasteiger partial charge in [0.25, 0.3) is 0 Å². The molecule has 1 aromatic heterocycles. The summed E-state index contributed by atoms with van der Waals surface area (Å²) in [7, 11) is 0. The zero-order valence-corrected chi connectivity index (χ0v) is 12.4. The first-order chi connectivity index (χ1) is 8.09. The number of unbranched alkanes of at least 4 members (excludes halogenated alkanes) is 1. The molecule has 1 atom stereocenters. The second-order valence-electron chi connectivity index (χ2n) is 3.84. The molecule has 0 aromatic carbocycles. The quantitative estimate of drug-likeness (QED) is 0.460. The zero-order valence-electron chi connectivity index (χ0n) is 9.97. The minimum absolute atomic E-state index is 0.0854. The van der Waals surface area contributed by atoms with Gasteiger partial charge in [-0.1, -0.05) is 4.40 Å². The average Bonchev–Trinajstić information content (AvgIpc) is 2.28. The molecule has 4 nitrogen and oxygen atoms in total. The van der Waals surface area contributed by atoms with Crippen molar-refractivity contribution in [3.63, 3.8) is 0 Å². The molecule has 1 rings (SSSR count). The van der Waals surface area contributed by atoms with Crippen molar-refractivity contribution in [2.45, 2.75) is 38.4 Å².